The van der Waals surface area contributed by atoms with Gasteiger partial charge in [-0.3, -0.25) is 0 Å². The Morgan fingerprint density at radius 2 is 0.321 bits per heavy atom. The third-order valence-corrected chi connectivity index (χ3v) is 6.07. The minimum Gasteiger partial charge on any atom is -0.478 e. The predicted octanol–water partition coefficient (Wildman–Crippen LogP) is -7.20. The smallest absolute Gasteiger partial charge is 0.327 e. The van der Waals surface area contributed by atoms with E-state index in [0.29, 0.717) is 0 Å². The molecule has 336 valence electrons. The number of aliphatic hydroxyl groups is 16. The van der Waals surface area contributed by atoms with Gasteiger partial charge in [0.2, 0.25) is 0 Å². The van der Waals surface area contributed by atoms with Crippen LogP contribution in [-0.4, -0.2) is 232 Å². The van der Waals surface area contributed by atoms with Crippen molar-refractivity contribution in [1.29, 1.82) is 0 Å². The first-order chi connectivity index (χ1) is 26.1. The van der Waals surface area contributed by atoms with Gasteiger partial charge in [-0.05, 0) is 0 Å². The predicted molar refractivity (Wildman–Crippen MR) is 194 cm³/mol. The Morgan fingerprint density at radius 3 is 0.321 bits per heavy atom. The largest absolute Gasteiger partial charge is 0.478 e. The third kappa shape index (κ3) is 44.6. The summed E-state index contributed by atoms with van der Waals surface area (Å²) in [6.07, 6.45) is 3.33. The highest BCUT2D eigenvalue weighted by Gasteiger charge is 2.28. The van der Waals surface area contributed by atoms with Crippen LogP contribution in [0.1, 0.15) is 0 Å². The van der Waals surface area contributed by atoms with E-state index < -0.39 is 151 Å². The van der Waals surface area contributed by atoms with Crippen molar-refractivity contribution in [3.8, 4) is 0 Å². The average molecular weight is 833 g/mol. The van der Waals surface area contributed by atoms with Crippen molar-refractivity contribution in [3.05, 3.63) is 50.6 Å². The molecule has 0 rings (SSSR count). The highest BCUT2D eigenvalue weighted by molar-refractivity contribution is 5.79. The standard InChI is InChI=1S/4C5H12O4.4C3H4O2/c4*6-1-5(2-7,3-8)4-9;4*1-2-3(4)5/h4*6-9H,1-4H2;4*2H,1H2,(H,4,5). The van der Waals surface area contributed by atoms with E-state index in [0.717, 1.165) is 24.3 Å². The fraction of sp³-hybridized carbons (Fsp3) is 0.625. The maximum Gasteiger partial charge on any atom is 0.327 e. The molecule has 24 nitrogen and oxygen atoms in total. The molecule has 0 aromatic rings. The van der Waals surface area contributed by atoms with Crippen molar-refractivity contribution in [2.75, 3.05) is 106 Å². The zero-order valence-electron chi connectivity index (χ0n) is 31.0. The molecule has 0 aromatic carbocycles. The Balaban J connectivity index is -0.0000000796. The van der Waals surface area contributed by atoms with Crippen molar-refractivity contribution in [1.82, 2.24) is 0 Å². The first-order valence-electron chi connectivity index (χ1n) is 15.2. The summed E-state index contributed by atoms with van der Waals surface area (Å²) in [5.74, 6) is -3.93. The minimum absolute atomic E-state index is 0.406. The van der Waals surface area contributed by atoms with Gasteiger partial charge in [-0.2, -0.15) is 0 Å². The van der Waals surface area contributed by atoms with Crippen molar-refractivity contribution >= 4 is 23.9 Å². The van der Waals surface area contributed by atoms with Crippen LogP contribution in [0.5, 0.6) is 0 Å². The monoisotopic (exact) mass is 832 g/mol. The summed E-state index contributed by atoms with van der Waals surface area (Å²) in [5.41, 5.74) is -4.44. The molecule has 0 fully saturated rings. The SMILES string of the molecule is C=CC(=O)O.C=CC(=O)O.C=CC(=O)O.C=CC(=O)O.OCC(CO)(CO)CO.OCC(CO)(CO)CO.OCC(CO)(CO)CO.OCC(CO)(CO)CO. The van der Waals surface area contributed by atoms with Gasteiger partial charge in [0.1, 0.15) is 0 Å². The topological polar surface area (TPSA) is 473 Å². The van der Waals surface area contributed by atoms with E-state index in [2.05, 4.69) is 26.3 Å². The molecule has 0 saturated heterocycles. The second-order valence-corrected chi connectivity index (χ2v) is 10.7. The number of aliphatic carboxylic acids is 4. The minimum atomic E-state index is -1.11. The maximum absolute atomic E-state index is 9.25. The first-order valence-corrected chi connectivity index (χ1v) is 15.2. The van der Waals surface area contributed by atoms with Gasteiger partial charge in [0.05, 0.1) is 127 Å². The van der Waals surface area contributed by atoms with Crippen LogP contribution in [0, 0.1) is 21.7 Å². The molecule has 0 aliphatic carbocycles. The Morgan fingerprint density at radius 1 is 0.268 bits per heavy atom. The maximum atomic E-state index is 9.25. The number of rotatable bonds is 20. The third-order valence-electron chi connectivity index (χ3n) is 6.07. The summed E-state index contributed by atoms with van der Waals surface area (Å²) in [4.78, 5) is 37.0. The van der Waals surface area contributed by atoms with Crippen LogP contribution >= 0.6 is 0 Å². The molecule has 0 unspecified atom stereocenters. The second kappa shape index (κ2) is 47.4. The van der Waals surface area contributed by atoms with E-state index in [1.165, 1.54) is 0 Å². The average Bonchev–Trinajstić information content (AvgIpc) is 3.23. The summed E-state index contributed by atoms with van der Waals surface area (Å²) in [5, 5.41) is 166. The number of carboxylic acid groups (broad SMARTS) is 4. The van der Waals surface area contributed by atoms with Crippen molar-refractivity contribution in [2.24, 2.45) is 21.7 Å². The highest BCUT2D eigenvalue weighted by Crippen LogP contribution is 2.13. The van der Waals surface area contributed by atoms with Crippen LogP contribution in [0.15, 0.2) is 50.6 Å². The van der Waals surface area contributed by atoms with Gasteiger partial charge in [0, 0.05) is 24.3 Å². The number of carbonyl (C=O) groups is 4. The lowest BCUT2D eigenvalue weighted by molar-refractivity contribution is -0.132. The summed E-state index contributed by atoms with van der Waals surface area (Å²) in [7, 11) is 0. The van der Waals surface area contributed by atoms with E-state index in [-0.39, 0.29) is 0 Å². The van der Waals surface area contributed by atoms with E-state index in [4.69, 9.17) is 102 Å². The molecule has 0 atom stereocenters. The van der Waals surface area contributed by atoms with Crippen LogP contribution in [0.2, 0.25) is 0 Å². The van der Waals surface area contributed by atoms with Gasteiger partial charge in [-0.25, -0.2) is 19.2 Å². The Labute approximate surface area is 323 Å². The van der Waals surface area contributed by atoms with Crippen molar-refractivity contribution < 1.29 is 121 Å². The van der Waals surface area contributed by atoms with E-state index >= 15 is 0 Å². The molecule has 0 aliphatic heterocycles. The molecule has 0 aliphatic rings. The number of carboxylic acids is 4. The molecule has 0 radical (unpaired) electrons. The quantitative estimate of drug-likeness (QED) is 0.0507. The summed E-state index contributed by atoms with van der Waals surface area (Å²) in [6, 6.07) is 0. The zero-order chi connectivity index (χ0) is 46.5. The van der Waals surface area contributed by atoms with Gasteiger partial charge in [0.25, 0.3) is 0 Å². The van der Waals surface area contributed by atoms with Crippen LogP contribution in [-0.2, 0) is 19.2 Å². The number of aliphatic hydroxyl groups excluding tert-OH is 16. The lowest BCUT2D eigenvalue weighted by Crippen LogP contribution is -2.37. The van der Waals surface area contributed by atoms with Crippen molar-refractivity contribution in [3.63, 3.8) is 0 Å². The fourth-order valence-electron chi connectivity index (χ4n) is 1.20. The molecule has 0 aromatic heterocycles. The molecule has 56 heavy (non-hydrogen) atoms. The van der Waals surface area contributed by atoms with Gasteiger partial charge in [-0.1, -0.05) is 26.3 Å². The zero-order valence-corrected chi connectivity index (χ0v) is 31.0. The van der Waals surface area contributed by atoms with E-state index in [1.54, 1.807) is 0 Å². The molecule has 0 spiro atoms. The van der Waals surface area contributed by atoms with Crippen LogP contribution < -0.4 is 0 Å². The molecular formula is C32H64O24. The normalized spacial score (nSPS) is 10.0. The lowest BCUT2D eigenvalue weighted by atomic mass is 9.93. The molecule has 0 saturated carbocycles. The molecule has 0 heterocycles. The van der Waals surface area contributed by atoms with E-state index in [1.807, 2.05) is 0 Å². The molecule has 0 amide bonds. The summed E-state index contributed by atoms with van der Waals surface area (Å²) < 4.78 is 0. The summed E-state index contributed by atoms with van der Waals surface area (Å²) in [6.45, 7) is 5.34. The highest BCUT2D eigenvalue weighted by atomic mass is 16.4. The van der Waals surface area contributed by atoms with Gasteiger partial charge in [0.15, 0.2) is 0 Å². The number of hydrogen-bond donors (Lipinski definition) is 20. The van der Waals surface area contributed by atoms with Gasteiger partial charge < -0.3 is 102 Å². The number of hydrogen-bond acceptors (Lipinski definition) is 20. The Kier molecular flexibility index (Phi) is 59.2. The molecule has 0 bridgehead atoms. The Bertz CT molecular complexity index is 735. The fourth-order valence-corrected chi connectivity index (χ4v) is 1.20. The second-order valence-electron chi connectivity index (χ2n) is 10.7. The van der Waals surface area contributed by atoms with Gasteiger partial charge >= 0.3 is 23.9 Å². The Hall–Kier alpha value is -3.80. The molecule has 24 heteroatoms. The van der Waals surface area contributed by atoms with Crippen LogP contribution in [0.25, 0.3) is 0 Å². The van der Waals surface area contributed by atoms with E-state index in [9.17, 15) is 19.2 Å². The lowest BCUT2D eigenvalue weighted by Gasteiger charge is -2.23. The van der Waals surface area contributed by atoms with Crippen LogP contribution in [0.4, 0.5) is 0 Å². The van der Waals surface area contributed by atoms with Crippen molar-refractivity contribution in [2.45, 2.75) is 0 Å². The summed E-state index contributed by atoms with van der Waals surface area (Å²) >= 11 is 0. The van der Waals surface area contributed by atoms with Gasteiger partial charge in [-0.15, -0.1) is 0 Å². The molecule has 20 N–H and O–H groups in total. The first kappa shape index (κ1) is 70.0. The molecular weight excluding hydrogens is 768 g/mol. The van der Waals surface area contributed by atoms with Crippen LogP contribution in [0.3, 0.4) is 0 Å².